The summed E-state index contributed by atoms with van der Waals surface area (Å²) < 4.78 is 0. The highest BCUT2D eigenvalue weighted by molar-refractivity contribution is 4.68. The minimum absolute atomic E-state index is 0.417. The molecule has 1 N–H and O–H groups in total. The van der Waals surface area contributed by atoms with E-state index in [1.54, 1.807) is 0 Å². The standard InChI is InChI=1S/C14H32N2/c1-7-13(15-8-2)10-9-11-16(6)12-14(3,4)5/h13,15H,7-12H2,1-6H3. The van der Waals surface area contributed by atoms with Gasteiger partial charge in [-0.1, -0.05) is 34.6 Å². The lowest BCUT2D eigenvalue weighted by molar-refractivity contribution is 0.221. The largest absolute Gasteiger partial charge is 0.314 e. The number of hydrogen-bond donors (Lipinski definition) is 1. The summed E-state index contributed by atoms with van der Waals surface area (Å²) in [5.41, 5.74) is 0.417. The van der Waals surface area contributed by atoms with Gasteiger partial charge in [0, 0.05) is 12.6 Å². The molecule has 0 saturated carbocycles. The van der Waals surface area contributed by atoms with Gasteiger partial charge in [0.05, 0.1) is 0 Å². The third-order valence-electron chi connectivity index (χ3n) is 2.82. The fourth-order valence-electron chi connectivity index (χ4n) is 2.24. The van der Waals surface area contributed by atoms with Crippen LogP contribution in [0, 0.1) is 5.41 Å². The molecule has 0 aromatic carbocycles. The highest BCUT2D eigenvalue weighted by Crippen LogP contribution is 2.14. The average Bonchev–Trinajstić information content (AvgIpc) is 2.13. The van der Waals surface area contributed by atoms with Gasteiger partial charge >= 0.3 is 0 Å². The molecule has 0 aliphatic rings. The molecule has 0 heterocycles. The lowest BCUT2D eigenvalue weighted by Gasteiger charge is -2.27. The molecule has 0 saturated heterocycles. The summed E-state index contributed by atoms with van der Waals surface area (Å²) in [7, 11) is 2.24. The van der Waals surface area contributed by atoms with E-state index in [1.807, 2.05) is 0 Å². The first-order valence-electron chi connectivity index (χ1n) is 6.81. The van der Waals surface area contributed by atoms with Gasteiger partial charge in [-0.15, -0.1) is 0 Å². The summed E-state index contributed by atoms with van der Waals surface area (Å²) in [5.74, 6) is 0. The van der Waals surface area contributed by atoms with E-state index in [-0.39, 0.29) is 0 Å². The Hall–Kier alpha value is -0.0800. The van der Waals surface area contributed by atoms with Crippen molar-refractivity contribution < 1.29 is 0 Å². The lowest BCUT2D eigenvalue weighted by atomic mass is 9.96. The van der Waals surface area contributed by atoms with Gasteiger partial charge < -0.3 is 10.2 Å². The van der Waals surface area contributed by atoms with Crippen molar-refractivity contribution in [1.29, 1.82) is 0 Å². The van der Waals surface area contributed by atoms with Crippen molar-refractivity contribution in [1.82, 2.24) is 10.2 Å². The van der Waals surface area contributed by atoms with E-state index in [0.29, 0.717) is 11.5 Å². The molecule has 0 radical (unpaired) electrons. The van der Waals surface area contributed by atoms with Crippen molar-refractivity contribution in [2.75, 3.05) is 26.7 Å². The molecule has 2 nitrogen and oxygen atoms in total. The fraction of sp³-hybridized carbons (Fsp3) is 1.00. The van der Waals surface area contributed by atoms with Crippen LogP contribution in [0.5, 0.6) is 0 Å². The van der Waals surface area contributed by atoms with Crippen LogP contribution in [0.1, 0.15) is 53.9 Å². The Kier molecular flexibility index (Phi) is 8.04. The molecule has 98 valence electrons. The van der Waals surface area contributed by atoms with E-state index in [2.05, 4.69) is 51.9 Å². The molecule has 1 atom stereocenters. The van der Waals surface area contributed by atoms with Crippen LogP contribution in [0.3, 0.4) is 0 Å². The summed E-state index contributed by atoms with van der Waals surface area (Å²) in [5, 5.41) is 3.54. The number of hydrogen-bond acceptors (Lipinski definition) is 2. The third-order valence-corrected chi connectivity index (χ3v) is 2.82. The smallest absolute Gasteiger partial charge is 0.00647 e. The Morgan fingerprint density at radius 1 is 1.19 bits per heavy atom. The second-order valence-electron chi connectivity index (χ2n) is 6.10. The van der Waals surface area contributed by atoms with Crippen molar-refractivity contribution in [3.8, 4) is 0 Å². The van der Waals surface area contributed by atoms with Gasteiger partial charge in [0.25, 0.3) is 0 Å². The summed E-state index contributed by atoms with van der Waals surface area (Å²) in [6, 6.07) is 0.716. The summed E-state index contributed by atoms with van der Waals surface area (Å²) >= 11 is 0. The molecule has 16 heavy (non-hydrogen) atoms. The van der Waals surface area contributed by atoms with Crippen LogP contribution in [-0.4, -0.2) is 37.6 Å². The van der Waals surface area contributed by atoms with Gasteiger partial charge in [0.2, 0.25) is 0 Å². The van der Waals surface area contributed by atoms with Gasteiger partial charge in [-0.25, -0.2) is 0 Å². The van der Waals surface area contributed by atoms with Gasteiger partial charge in [-0.05, 0) is 44.8 Å². The Morgan fingerprint density at radius 3 is 2.25 bits per heavy atom. The Morgan fingerprint density at radius 2 is 1.81 bits per heavy atom. The Bertz CT molecular complexity index is 161. The molecule has 1 unspecified atom stereocenters. The van der Waals surface area contributed by atoms with Crippen molar-refractivity contribution in [2.24, 2.45) is 5.41 Å². The number of nitrogens with zero attached hydrogens (tertiary/aromatic N) is 1. The van der Waals surface area contributed by atoms with Gasteiger partial charge in [0.15, 0.2) is 0 Å². The minimum Gasteiger partial charge on any atom is -0.314 e. The van der Waals surface area contributed by atoms with Crippen LogP contribution in [-0.2, 0) is 0 Å². The normalized spacial score (nSPS) is 14.4. The van der Waals surface area contributed by atoms with Gasteiger partial charge in [-0.2, -0.15) is 0 Å². The van der Waals surface area contributed by atoms with Crippen molar-refractivity contribution in [3.63, 3.8) is 0 Å². The summed E-state index contributed by atoms with van der Waals surface area (Å²) in [6.07, 6.45) is 3.85. The van der Waals surface area contributed by atoms with Gasteiger partial charge in [-0.3, -0.25) is 0 Å². The molecule has 0 aromatic rings. The van der Waals surface area contributed by atoms with E-state index in [4.69, 9.17) is 0 Å². The van der Waals surface area contributed by atoms with Crippen LogP contribution in [0.2, 0.25) is 0 Å². The second kappa shape index (κ2) is 8.08. The average molecular weight is 228 g/mol. The number of nitrogens with one attached hydrogen (secondary N) is 1. The van der Waals surface area contributed by atoms with E-state index < -0.39 is 0 Å². The highest BCUT2D eigenvalue weighted by Gasteiger charge is 2.13. The molecule has 0 amide bonds. The Labute approximate surface area is 103 Å². The van der Waals surface area contributed by atoms with Crippen molar-refractivity contribution in [2.45, 2.75) is 59.9 Å². The maximum absolute atomic E-state index is 3.54. The summed E-state index contributed by atoms with van der Waals surface area (Å²) in [4.78, 5) is 2.46. The molecule has 2 heteroatoms. The van der Waals surface area contributed by atoms with Crippen LogP contribution >= 0.6 is 0 Å². The second-order valence-corrected chi connectivity index (χ2v) is 6.10. The minimum atomic E-state index is 0.417. The maximum atomic E-state index is 3.54. The first-order valence-corrected chi connectivity index (χ1v) is 6.81. The molecule has 0 aromatic heterocycles. The van der Waals surface area contributed by atoms with Crippen LogP contribution in [0.25, 0.3) is 0 Å². The number of rotatable bonds is 8. The van der Waals surface area contributed by atoms with E-state index in [0.717, 1.165) is 6.54 Å². The zero-order chi connectivity index (χ0) is 12.6. The SMILES string of the molecule is CCNC(CC)CCCN(C)CC(C)(C)C. The molecule has 0 aliphatic carbocycles. The van der Waals surface area contributed by atoms with Crippen LogP contribution in [0.4, 0.5) is 0 Å². The topological polar surface area (TPSA) is 15.3 Å². The molecular weight excluding hydrogens is 196 g/mol. The monoisotopic (exact) mass is 228 g/mol. The highest BCUT2D eigenvalue weighted by atomic mass is 15.1. The fourth-order valence-corrected chi connectivity index (χ4v) is 2.24. The molecule has 0 fully saturated rings. The van der Waals surface area contributed by atoms with E-state index >= 15 is 0 Å². The zero-order valence-corrected chi connectivity index (χ0v) is 12.3. The van der Waals surface area contributed by atoms with Crippen molar-refractivity contribution in [3.05, 3.63) is 0 Å². The molecular formula is C14H32N2. The Balaban J connectivity index is 3.63. The third kappa shape index (κ3) is 9.17. The lowest BCUT2D eigenvalue weighted by Crippen LogP contribution is -2.32. The predicted molar refractivity (Wildman–Crippen MR) is 73.9 cm³/mol. The first-order chi connectivity index (χ1) is 7.39. The van der Waals surface area contributed by atoms with E-state index in [9.17, 15) is 0 Å². The van der Waals surface area contributed by atoms with Crippen LogP contribution < -0.4 is 5.32 Å². The predicted octanol–water partition coefficient (Wildman–Crippen LogP) is 3.13. The zero-order valence-electron chi connectivity index (χ0n) is 12.3. The van der Waals surface area contributed by atoms with Crippen LogP contribution in [0.15, 0.2) is 0 Å². The molecule has 0 aliphatic heterocycles. The van der Waals surface area contributed by atoms with E-state index in [1.165, 1.54) is 32.4 Å². The quantitative estimate of drug-likeness (QED) is 0.686. The molecule has 0 rings (SSSR count). The maximum Gasteiger partial charge on any atom is 0.00647 e. The molecule has 0 spiro atoms. The van der Waals surface area contributed by atoms with Gasteiger partial charge in [0.1, 0.15) is 0 Å². The van der Waals surface area contributed by atoms with Crippen molar-refractivity contribution >= 4 is 0 Å². The molecule has 0 bridgehead atoms. The summed E-state index contributed by atoms with van der Waals surface area (Å²) in [6.45, 7) is 14.9. The first kappa shape index (κ1) is 15.9.